The number of hydrogen-bond acceptors (Lipinski definition) is 3. The van der Waals surface area contributed by atoms with Crippen LogP contribution in [0.3, 0.4) is 0 Å². The first kappa shape index (κ1) is 12.9. The monoisotopic (exact) mass is 251 g/mol. The van der Waals surface area contributed by atoms with Crippen LogP contribution in [0.25, 0.3) is 0 Å². The lowest BCUT2D eigenvalue weighted by molar-refractivity contribution is 0.0368. The Balaban J connectivity index is 1.45. The molecule has 3 unspecified atom stereocenters. The molecule has 3 fully saturated rings. The summed E-state index contributed by atoms with van der Waals surface area (Å²) < 4.78 is 0. The van der Waals surface area contributed by atoms with E-state index in [1.807, 2.05) is 0 Å². The van der Waals surface area contributed by atoms with Gasteiger partial charge in [0.25, 0.3) is 0 Å². The summed E-state index contributed by atoms with van der Waals surface area (Å²) in [5.74, 6) is 1.91. The van der Waals surface area contributed by atoms with Crippen LogP contribution in [0.4, 0.5) is 0 Å². The van der Waals surface area contributed by atoms with E-state index in [1.54, 1.807) is 0 Å². The number of likely N-dealkylation sites (tertiary alicyclic amines) is 2. The number of nitrogens with one attached hydrogen (secondary N) is 1. The third-order valence-corrected chi connectivity index (χ3v) is 5.45. The highest BCUT2D eigenvalue weighted by atomic mass is 15.2. The standard InChI is InChI=1S/C15H29N3/c1-17-8-2-3-14-12-18(10-6-15(14)17)9-5-13-4-7-16-11-13/h13-16H,2-12H2,1H3. The molecular formula is C15H29N3. The van der Waals surface area contributed by atoms with Crippen LogP contribution in [0, 0.1) is 11.8 Å². The molecule has 104 valence electrons. The van der Waals surface area contributed by atoms with Crippen molar-refractivity contribution in [1.82, 2.24) is 15.1 Å². The molecular weight excluding hydrogens is 222 g/mol. The highest BCUT2D eigenvalue weighted by Crippen LogP contribution is 2.29. The Kier molecular flexibility index (Phi) is 4.22. The van der Waals surface area contributed by atoms with Crippen LogP contribution in [0.1, 0.15) is 32.1 Å². The van der Waals surface area contributed by atoms with Crippen LogP contribution in [-0.2, 0) is 0 Å². The zero-order chi connectivity index (χ0) is 12.4. The third kappa shape index (κ3) is 2.89. The SMILES string of the molecule is CN1CCCC2CN(CCC3CCNC3)CCC21. The number of hydrogen-bond donors (Lipinski definition) is 1. The van der Waals surface area contributed by atoms with E-state index in [2.05, 4.69) is 22.2 Å². The molecule has 0 bridgehead atoms. The normalized spacial score (nSPS) is 38.8. The van der Waals surface area contributed by atoms with Gasteiger partial charge in [0.05, 0.1) is 0 Å². The van der Waals surface area contributed by atoms with Gasteiger partial charge < -0.3 is 15.1 Å². The molecule has 3 aliphatic rings. The Hall–Kier alpha value is -0.120. The van der Waals surface area contributed by atoms with Gasteiger partial charge >= 0.3 is 0 Å². The number of nitrogens with zero attached hydrogens (tertiary/aromatic N) is 2. The summed E-state index contributed by atoms with van der Waals surface area (Å²) in [5.41, 5.74) is 0. The molecule has 3 atom stereocenters. The summed E-state index contributed by atoms with van der Waals surface area (Å²) in [6.45, 7) is 7.90. The molecule has 3 rings (SSSR count). The van der Waals surface area contributed by atoms with E-state index >= 15 is 0 Å². The van der Waals surface area contributed by atoms with Gasteiger partial charge in [0.15, 0.2) is 0 Å². The minimum absolute atomic E-state index is 0.892. The molecule has 0 radical (unpaired) electrons. The summed E-state index contributed by atoms with van der Waals surface area (Å²) in [7, 11) is 2.33. The predicted octanol–water partition coefficient (Wildman–Crippen LogP) is 1.40. The molecule has 0 aromatic carbocycles. The second kappa shape index (κ2) is 5.89. The maximum Gasteiger partial charge on any atom is 0.0145 e. The van der Waals surface area contributed by atoms with Crippen LogP contribution < -0.4 is 5.32 Å². The first-order valence-electron chi connectivity index (χ1n) is 7.96. The minimum Gasteiger partial charge on any atom is -0.316 e. The highest BCUT2D eigenvalue weighted by Gasteiger charge is 2.34. The zero-order valence-corrected chi connectivity index (χ0v) is 11.9. The molecule has 0 aliphatic carbocycles. The lowest BCUT2D eigenvalue weighted by Gasteiger charge is -2.46. The molecule has 1 N–H and O–H groups in total. The average Bonchev–Trinajstić information content (AvgIpc) is 2.90. The van der Waals surface area contributed by atoms with E-state index in [-0.39, 0.29) is 0 Å². The molecule has 18 heavy (non-hydrogen) atoms. The molecule has 3 aliphatic heterocycles. The van der Waals surface area contributed by atoms with Crippen molar-refractivity contribution in [3.05, 3.63) is 0 Å². The van der Waals surface area contributed by atoms with Gasteiger partial charge in [-0.1, -0.05) is 0 Å². The number of piperidine rings is 2. The molecule has 3 heteroatoms. The van der Waals surface area contributed by atoms with Crippen LogP contribution in [0.5, 0.6) is 0 Å². The fourth-order valence-electron chi connectivity index (χ4n) is 4.26. The average molecular weight is 251 g/mol. The van der Waals surface area contributed by atoms with Crippen molar-refractivity contribution in [3.8, 4) is 0 Å². The van der Waals surface area contributed by atoms with Crippen molar-refractivity contribution in [1.29, 1.82) is 0 Å². The second-order valence-corrected chi connectivity index (χ2v) is 6.69. The Labute approximate surface area is 112 Å². The molecule has 0 aromatic heterocycles. The van der Waals surface area contributed by atoms with Crippen LogP contribution in [-0.4, -0.2) is 62.2 Å². The van der Waals surface area contributed by atoms with Crippen LogP contribution >= 0.6 is 0 Å². The van der Waals surface area contributed by atoms with Gasteiger partial charge in [-0.25, -0.2) is 0 Å². The van der Waals surface area contributed by atoms with Crippen LogP contribution in [0.15, 0.2) is 0 Å². The number of fused-ring (bicyclic) bond motifs is 1. The topological polar surface area (TPSA) is 18.5 Å². The van der Waals surface area contributed by atoms with Crippen molar-refractivity contribution >= 4 is 0 Å². The molecule has 3 heterocycles. The van der Waals surface area contributed by atoms with Gasteiger partial charge in [0.1, 0.15) is 0 Å². The lowest BCUT2D eigenvalue weighted by Crippen LogP contribution is -2.52. The van der Waals surface area contributed by atoms with Crippen molar-refractivity contribution in [3.63, 3.8) is 0 Å². The molecule has 0 saturated carbocycles. The third-order valence-electron chi connectivity index (χ3n) is 5.45. The van der Waals surface area contributed by atoms with E-state index in [1.165, 1.54) is 71.4 Å². The van der Waals surface area contributed by atoms with E-state index in [9.17, 15) is 0 Å². The fourth-order valence-corrected chi connectivity index (χ4v) is 4.26. The summed E-state index contributed by atoms with van der Waals surface area (Å²) in [6.07, 6.45) is 7.11. The maximum absolute atomic E-state index is 3.49. The van der Waals surface area contributed by atoms with Crippen molar-refractivity contribution in [2.45, 2.75) is 38.1 Å². The summed E-state index contributed by atoms with van der Waals surface area (Å²) in [6, 6.07) is 0.892. The molecule has 3 saturated heterocycles. The van der Waals surface area contributed by atoms with E-state index < -0.39 is 0 Å². The maximum atomic E-state index is 3.49. The molecule has 0 amide bonds. The predicted molar refractivity (Wildman–Crippen MR) is 75.8 cm³/mol. The van der Waals surface area contributed by atoms with Gasteiger partial charge in [-0.15, -0.1) is 0 Å². The minimum atomic E-state index is 0.892. The van der Waals surface area contributed by atoms with Gasteiger partial charge in [-0.3, -0.25) is 0 Å². The molecule has 3 nitrogen and oxygen atoms in total. The first-order chi connectivity index (χ1) is 8.83. The Morgan fingerprint density at radius 1 is 1.17 bits per heavy atom. The Morgan fingerprint density at radius 3 is 2.94 bits per heavy atom. The largest absolute Gasteiger partial charge is 0.316 e. The van der Waals surface area contributed by atoms with Gasteiger partial charge in [0, 0.05) is 12.6 Å². The fraction of sp³-hybridized carbons (Fsp3) is 1.00. The first-order valence-corrected chi connectivity index (χ1v) is 7.96. The number of rotatable bonds is 3. The Morgan fingerprint density at radius 2 is 2.11 bits per heavy atom. The van der Waals surface area contributed by atoms with E-state index in [0.717, 1.165) is 17.9 Å². The molecule has 0 spiro atoms. The Bertz CT molecular complexity index is 262. The highest BCUT2D eigenvalue weighted by molar-refractivity contribution is 4.89. The van der Waals surface area contributed by atoms with Gasteiger partial charge in [-0.05, 0) is 83.7 Å². The summed E-state index contributed by atoms with van der Waals surface area (Å²) in [5, 5.41) is 3.49. The van der Waals surface area contributed by atoms with Gasteiger partial charge in [0.2, 0.25) is 0 Å². The lowest BCUT2D eigenvalue weighted by atomic mass is 9.84. The van der Waals surface area contributed by atoms with E-state index in [0.29, 0.717) is 0 Å². The van der Waals surface area contributed by atoms with Crippen molar-refractivity contribution in [2.24, 2.45) is 11.8 Å². The van der Waals surface area contributed by atoms with Crippen molar-refractivity contribution < 1.29 is 0 Å². The van der Waals surface area contributed by atoms with Gasteiger partial charge in [-0.2, -0.15) is 0 Å². The quantitative estimate of drug-likeness (QED) is 0.818. The second-order valence-electron chi connectivity index (χ2n) is 6.69. The van der Waals surface area contributed by atoms with E-state index in [4.69, 9.17) is 0 Å². The van der Waals surface area contributed by atoms with Crippen molar-refractivity contribution in [2.75, 3.05) is 46.3 Å². The smallest absolute Gasteiger partial charge is 0.0145 e. The molecule has 0 aromatic rings. The summed E-state index contributed by atoms with van der Waals surface area (Å²) in [4.78, 5) is 5.37. The summed E-state index contributed by atoms with van der Waals surface area (Å²) >= 11 is 0. The zero-order valence-electron chi connectivity index (χ0n) is 11.9. The van der Waals surface area contributed by atoms with Crippen LogP contribution in [0.2, 0.25) is 0 Å².